The second-order valence-electron chi connectivity index (χ2n) is 9.58. The average molecular weight is 423 g/mol. The van der Waals surface area contributed by atoms with Crippen LogP contribution in [0.4, 0.5) is 0 Å². The molecule has 3 aromatic heterocycles. The number of aryl methyl sites for hydroxylation is 2. The molecule has 0 saturated carbocycles. The number of amides is 1. The Morgan fingerprint density at radius 1 is 1.23 bits per heavy atom. The van der Waals surface area contributed by atoms with Crippen LogP contribution in [0, 0.1) is 5.41 Å². The Kier molecular flexibility index (Phi) is 5.33. The molecule has 8 nitrogen and oxygen atoms in total. The van der Waals surface area contributed by atoms with Crippen molar-refractivity contribution in [3.63, 3.8) is 0 Å². The number of hydrogen-bond donors (Lipinski definition) is 1. The highest BCUT2D eigenvalue weighted by Crippen LogP contribution is 2.28. The van der Waals surface area contributed by atoms with E-state index in [0.717, 1.165) is 36.0 Å². The lowest BCUT2D eigenvalue weighted by molar-refractivity contribution is 0.0929. The van der Waals surface area contributed by atoms with Gasteiger partial charge in [-0.3, -0.25) is 18.6 Å². The molecule has 1 aliphatic carbocycles. The molecular weight excluding hydrogens is 392 g/mol. The SMILES string of the molecule is Cn1ccc(C(=O)NC2CC=C(c3ccc4c(n3)n(C)c(=O)n4CC(C)(C)C)CC2)n1. The third-order valence-electron chi connectivity index (χ3n) is 5.63. The Hall–Kier alpha value is -3.16. The van der Waals surface area contributed by atoms with Gasteiger partial charge in [0.25, 0.3) is 5.91 Å². The van der Waals surface area contributed by atoms with E-state index in [4.69, 9.17) is 4.98 Å². The molecule has 3 aromatic rings. The van der Waals surface area contributed by atoms with Crippen molar-refractivity contribution in [1.29, 1.82) is 0 Å². The molecule has 164 valence electrons. The van der Waals surface area contributed by atoms with E-state index in [1.165, 1.54) is 0 Å². The van der Waals surface area contributed by atoms with Gasteiger partial charge in [-0.25, -0.2) is 9.78 Å². The van der Waals surface area contributed by atoms with Gasteiger partial charge >= 0.3 is 5.69 Å². The summed E-state index contributed by atoms with van der Waals surface area (Å²) >= 11 is 0. The van der Waals surface area contributed by atoms with Crippen LogP contribution in [0.5, 0.6) is 0 Å². The van der Waals surface area contributed by atoms with E-state index >= 15 is 0 Å². The smallest absolute Gasteiger partial charge is 0.330 e. The minimum Gasteiger partial charge on any atom is -0.348 e. The molecule has 31 heavy (non-hydrogen) atoms. The summed E-state index contributed by atoms with van der Waals surface area (Å²) in [5.74, 6) is -0.141. The summed E-state index contributed by atoms with van der Waals surface area (Å²) in [5, 5.41) is 7.22. The number of allylic oxidation sites excluding steroid dienone is 1. The zero-order chi connectivity index (χ0) is 22.3. The van der Waals surface area contributed by atoms with Gasteiger partial charge in [0.2, 0.25) is 0 Å². The van der Waals surface area contributed by atoms with Crippen molar-refractivity contribution in [2.75, 3.05) is 0 Å². The maximum absolute atomic E-state index is 12.7. The van der Waals surface area contributed by atoms with Crippen molar-refractivity contribution in [2.24, 2.45) is 19.5 Å². The summed E-state index contributed by atoms with van der Waals surface area (Å²) in [6.07, 6.45) is 6.32. The highest BCUT2D eigenvalue weighted by Gasteiger charge is 2.22. The summed E-state index contributed by atoms with van der Waals surface area (Å²) in [7, 11) is 3.57. The molecule has 1 amide bonds. The first-order valence-electron chi connectivity index (χ1n) is 10.7. The number of pyridine rings is 1. The van der Waals surface area contributed by atoms with E-state index in [9.17, 15) is 9.59 Å². The Labute approximate surface area is 181 Å². The molecule has 0 aromatic carbocycles. The Bertz CT molecular complexity index is 1220. The monoisotopic (exact) mass is 422 g/mol. The third-order valence-corrected chi connectivity index (χ3v) is 5.63. The molecule has 1 aliphatic rings. The van der Waals surface area contributed by atoms with Crippen molar-refractivity contribution >= 4 is 22.6 Å². The van der Waals surface area contributed by atoms with Gasteiger partial charge in [-0.2, -0.15) is 5.10 Å². The Morgan fingerprint density at radius 2 is 2.00 bits per heavy atom. The van der Waals surface area contributed by atoms with E-state index < -0.39 is 0 Å². The fourth-order valence-corrected chi connectivity index (χ4v) is 4.07. The van der Waals surface area contributed by atoms with Crippen molar-refractivity contribution in [2.45, 2.75) is 52.6 Å². The van der Waals surface area contributed by atoms with Crippen molar-refractivity contribution in [3.05, 3.63) is 52.3 Å². The number of imidazole rings is 1. The summed E-state index contributed by atoms with van der Waals surface area (Å²) < 4.78 is 5.06. The second kappa shape index (κ2) is 7.83. The summed E-state index contributed by atoms with van der Waals surface area (Å²) in [5.41, 5.74) is 4.01. The average Bonchev–Trinajstić information content (AvgIpc) is 3.25. The number of carbonyl (C=O) groups excluding carboxylic acids is 1. The van der Waals surface area contributed by atoms with Gasteiger partial charge in [0, 0.05) is 32.9 Å². The summed E-state index contributed by atoms with van der Waals surface area (Å²) in [4.78, 5) is 29.9. The summed E-state index contributed by atoms with van der Waals surface area (Å²) in [6, 6.07) is 5.80. The van der Waals surface area contributed by atoms with Crippen LogP contribution in [0.2, 0.25) is 0 Å². The minimum atomic E-state index is -0.141. The molecule has 4 rings (SSSR count). The molecule has 0 bridgehead atoms. The second-order valence-corrected chi connectivity index (χ2v) is 9.58. The highest BCUT2D eigenvalue weighted by molar-refractivity contribution is 5.92. The maximum Gasteiger partial charge on any atom is 0.330 e. The predicted octanol–water partition coefficient (Wildman–Crippen LogP) is 2.88. The lowest BCUT2D eigenvalue weighted by Gasteiger charge is -2.22. The van der Waals surface area contributed by atoms with Crippen LogP contribution in [-0.2, 0) is 20.6 Å². The maximum atomic E-state index is 12.7. The lowest BCUT2D eigenvalue weighted by atomic mass is 9.93. The molecule has 1 unspecified atom stereocenters. The van der Waals surface area contributed by atoms with Gasteiger partial charge in [0.15, 0.2) is 5.65 Å². The normalized spacial score (nSPS) is 17.1. The van der Waals surface area contributed by atoms with E-state index in [1.54, 1.807) is 35.6 Å². The van der Waals surface area contributed by atoms with Crippen molar-refractivity contribution in [1.82, 2.24) is 29.2 Å². The fourth-order valence-electron chi connectivity index (χ4n) is 4.07. The first-order valence-corrected chi connectivity index (χ1v) is 10.7. The van der Waals surface area contributed by atoms with Crippen LogP contribution in [-0.4, -0.2) is 35.8 Å². The van der Waals surface area contributed by atoms with Gasteiger partial charge in [-0.15, -0.1) is 0 Å². The molecule has 0 saturated heterocycles. The molecule has 3 heterocycles. The molecule has 0 spiro atoms. The Balaban J connectivity index is 1.52. The number of nitrogens with zero attached hydrogens (tertiary/aromatic N) is 5. The van der Waals surface area contributed by atoms with Crippen LogP contribution in [0.15, 0.2) is 35.3 Å². The number of carbonyl (C=O) groups is 1. The van der Waals surface area contributed by atoms with Gasteiger partial charge in [-0.1, -0.05) is 26.8 Å². The molecule has 0 radical (unpaired) electrons. The lowest BCUT2D eigenvalue weighted by Crippen LogP contribution is -2.36. The van der Waals surface area contributed by atoms with Crippen LogP contribution >= 0.6 is 0 Å². The molecule has 0 aliphatic heterocycles. The number of hydrogen-bond acceptors (Lipinski definition) is 4. The zero-order valence-electron chi connectivity index (χ0n) is 18.8. The topological polar surface area (TPSA) is 86.7 Å². The molecule has 1 N–H and O–H groups in total. The number of aromatic nitrogens is 5. The number of nitrogens with one attached hydrogen (secondary N) is 1. The zero-order valence-corrected chi connectivity index (χ0v) is 18.8. The van der Waals surface area contributed by atoms with E-state index in [2.05, 4.69) is 37.3 Å². The van der Waals surface area contributed by atoms with Crippen molar-refractivity contribution in [3.8, 4) is 0 Å². The van der Waals surface area contributed by atoms with E-state index in [-0.39, 0.29) is 23.1 Å². The highest BCUT2D eigenvalue weighted by atomic mass is 16.2. The standard InChI is InChI=1S/C23H30N6O2/c1-23(2,3)14-29-19-11-10-17(25-20(19)28(5)22(29)31)15-6-8-16(9-7-15)24-21(30)18-12-13-27(4)26-18/h6,10-13,16H,7-9,14H2,1-5H3,(H,24,30). The van der Waals surface area contributed by atoms with Crippen LogP contribution in [0.25, 0.3) is 16.7 Å². The number of rotatable bonds is 4. The third kappa shape index (κ3) is 4.33. The fraction of sp³-hybridized carbons (Fsp3) is 0.478. The predicted molar refractivity (Wildman–Crippen MR) is 121 cm³/mol. The van der Waals surface area contributed by atoms with Crippen LogP contribution in [0.3, 0.4) is 0 Å². The van der Waals surface area contributed by atoms with E-state index in [1.807, 2.05) is 16.7 Å². The Morgan fingerprint density at radius 3 is 2.61 bits per heavy atom. The van der Waals surface area contributed by atoms with Gasteiger partial charge in [0.05, 0.1) is 11.2 Å². The van der Waals surface area contributed by atoms with Gasteiger partial charge in [-0.05, 0) is 48.4 Å². The quantitative estimate of drug-likeness (QED) is 0.700. The van der Waals surface area contributed by atoms with Crippen LogP contribution < -0.4 is 11.0 Å². The van der Waals surface area contributed by atoms with Gasteiger partial charge < -0.3 is 5.32 Å². The van der Waals surface area contributed by atoms with E-state index in [0.29, 0.717) is 17.9 Å². The van der Waals surface area contributed by atoms with Gasteiger partial charge in [0.1, 0.15) is 5.69 Å². The minimum absolute atomic E-state index is 0.00258. The first-order chi connectivity index (χ1) is 14.6. The van der Waals surface area contributed by atoms with Crippen LogP contribution in [0.1, 0.15) is 56.2 Å². The number of fused-ring (bicyclic) bond motifs is 1. The largest absolute Gasteiger partial charge is 0.348 e. The molecule has 0 fully saturated rings. The first kappa shape index (κ1) is 21.1. The molecular formula is C23H30N6O2. The molecule has 1 atom stereocenters. The summed E-state index contributed by atoms with van der Waals surface area (Å²) in [6.45, 7) is 7.01. The van der Waals surface area contributed by atoms with Crippen molar-refractivity contribution < 1.29 is 4.79 Å². The molecule has 8 heteroatoms.